The maximum atomic E-state index is 10.2. The summed E-state index contributed by atoms with van der Waals surface area (Å²) in [5, 5.41) is 32.4. The summed E-state index contributed by atoms with van der Waals surface area (Å²) in [6, 6.07) is 14.5. The summed E-state index contributed by atoms with van der Waals surface area (Å²) < 4.78 is 11.1. The lowest BCUT2D eigenvalue weighted by atomic mass is 10.0. The molecule has 1 atom stereocenters. The fraction of sp³-hybridized carbons (Fsp3) is 0.478. The Labute approximate surface area is 173 Å². The number of phenolic OH excluding ortho intramolecular Hbond substituents is 1. The second-order valence-corrected chi connectivity index (χ2v) is 6.96. The average molecular weight is 404 g/mol. The van der Waals surface area contributed by atoms with E-state index in [-0.39, 0.29) is 12.4 Å². The first-order chi connectivity index (χ1) is 14.2. The molecule has 0 aliphatic heterocycles. The zero-order valence-electron chi connectivity index (χ0n) is 16.9. The first-order valence-electron chi connectivity index (χ1n) is 10.3. The summed E-state index contributed by atoms with van der Waals surface area (Å²) in [7, 11) is 0. The van der Waals surface area contributed by atoms with Crippen molar-refractivity contribution < 1.29 is 24.8 Å². The van der Waals surface area contributed by atoms with Gasteiger partial charge in [-0.3, -0.25) is 0 Å². The van der Waals surface area contributed by atoms with Crippen molar-refractivity contribution in [2.75, 3.05) is 32.9 Å². The van der Waals surface area contributed by atoms with E-state index < -0.39 is 6.10 Å². The van der Waals surface area contributed by atoms with Crippen molar-refractivity contribution in [2.24, 2.45) is 0 Å². The lowest BCUT2D eigenvalue weighted by Gasteiger charge is -2.14. The molecule has 4 N–H and O–H groups in total. The topological polar surface area (TPSA) is 91.2 Å². The zero-order chi connectivity index (χ0) is 20.7. The van der Waals surface area contributed by atoms with E-state index in [9.17, 15) is 10.2 Å². The van der Waals surface area contributed by atoms with Gasteiger partial charge in [-0.2, -0.15) is 0 Å². The zero-order valence-corrected chi connectivity index (χ0v) is 16.9. The maximum Gasteiger partial charge on any atom is 0.121 e. The SMILES string of the molecule is OCc1ccc(O)c(C(O)CNCCCCCCOCCOc2ccccc2)c1. The van der Waals surface area contributed by atoms with Crippen LogP contribution in [0.2, 0.25) is 0 Å². The summed E-state index contributed by atoms with van der Waals surface area (Å²) in [6.45, 7) is 2.96. The highest BCUT2D eigenvalue weighted by Gasteiger charge is 2.12. The number of rotatable bonds is 15. The second-order valence-electron chi connectivity index (χ2n) is 6.96. The third kappa shape index (κ3) is 9.28. The summed E-state index contributed by atoms with van der Waals surface area (Å²) in [4.78, 5) is 0. The Hall–Kier alpha value is -2.12. The van der Waals surface area contributed by atoms with Crippen LogP contribution in [0.15, 0.2) is 48.5 Å². The van der Waals surface area contributed by atoms with Crippen molar-refractivity contribution in [3.63, 3.8) is 0 Å². The van der Waals surface area contributed by atoms with Crippen LogP contribution in [-0.4, -0.2) is 48.2 Å². The third-order valence-electron chi connectivity index (χ3n) is 4.60. The molecule has 0 heterocycles. The molecule has 0 radical (unpaired) electrons. The van der Waals surface area contributed by atoms with Crippen molar-refractivity contribution in [2.45, 2.75) is 38.4 Å². The Balaban J connectivity index is 1.42. The van der Waals surface area contributed by atoms with Crippen LogP contribution in [-0.2, 0) is 11.3 Å². The second kappa shape index (κ2) is 14.0. The molecule has 0 amide bonds. The molecule has 0 aliphatic rings. The molecule has 0 fully saturated rings. The fourth-order valence-corrected chi connectivity index (χ4v) is 2.96. The van der Waals surface area contributed by atoms with Crippen molar-refractivity contribution in [3.05, 3.63) is 59.7 Å². The third-order valence-corrected chi connectivity index (χ3v) is 4.60. The van der Waals surface area contributed by atoms with E-state index in [1.807, 2.05) is 30.3 Å². The van der Waals surface area contributed by atoms with Crippen LogP contribution in [0.1, 0.15) is 42.9 Å². The molecular formula is C23H33NO5. The molecule has 29 heavy (non-hydrogen) atoms. The standard InChI is InChI=1S/C23H33NO5/c25-18-19-10-11-22(26)21(16-19)23(27)17-24-12-6-1-2-7-13-28-14-15-29-20-8-4-3-5-9-20/h3-5,8-11,16,23-27H,1-2,6-7,12-15,17-18H2. The fourth-order valence-electron chi connectivity index (χ4n) is 2.96. The molecule has 2 rings (SSSR count). The highest BCUT2D eigenvalue weighted by molar-refractivity contribution is 5.37. The number of phenols is 1. The number of hydrogen-bond donors (Lipinski definition) is 4. The Morgan fingerprint density at radius 2 is 1.69 bits per heavy atom. The van der Waals surface area contributed by atoms with Crippen LogP contribution >= 0.6 is 0 Å². The van der Waals surface area contributed by atoms with Gasteiger partial charge in [-0.1, -0.05) is 37.1 Å². The van der Waals surface area contributed by atoms with Crippen LogP contribution in [0.4, 0.5) is 0 Å². The van der Waals surface area contributed by atoms with Crippen molar-refractivity contribution in [1.29, 1.82) is 0 Å². The lowest BCUT2D eigenvalue weighted by molar-refractivity contribution is 0.0971. The van der Waals surface area contributed by atoms with Gasteiger partial charge in [0.2, 0.25) is 0 Å². The van der Waals surface area contributed by atoms with Gasteiger partial charge in [0.05, 0.1) is 19.3 Å². The van der Waals surface area contributed by atoms with Gasteiger partial charge in [-0.15, -0.1) is 0 Å². The molecule has 6 heteroatoms. The number of nitrogens with one attached hydrogen (secondary N) is 1. The smallest absolute Gasteiger partial charge is 0.121 e. The number of para-hydroxylation sites is 1. The van der Waals surface area contributed by atoms with Crippen LogP contribution in [0.3, 0.4) is 0 Å². The molecule has 0 aromatic heterocycles. The quantitative estimate of drug-likeness (QED) is 0.342. The average Bonchev–Trinajstić information content (AvgIpc) is 2.75. The minimum atomic E-state index is -0.798. The molecule has 0 aliphatic carbocycles. The Morgan fingerprint density at radius 3 is 2.48 bits per heavy atom. The Kier molecular flexibility index (Phi) is 11.1. The number of hydrogen-bond acceptors (Lipinski definition) is 6. The van der Waals surface area contributed by atoms with Gasteiger partial charge in [-0.05, 0) is 49.2 Å². The van der Waals surface area contributed by atoms with Crippen molar-refractivity contribution in [3.8, 4) is 11.5 Å². The molecule has 2 aromatic rings. The van der Waals surface area contributed by atoms with E-state index in [1.165, 1.54) is 6.07 Å². The van der Waals surface area contributed by atoms with Gasteiger partial charge in [0.25, 0.3) is 0 Å². The molecule has 0 bridgehead atoms. The number of aliphatic hydroxyl groups excluding tert-OH is 2. The van der Waals surface area contributed by atoms with Gasteiger partial charge in [0.15, 0.2) is 0 Å². The molecule has 0 saturated heterocycles. The van der Waals surface area contributed by atoms with Crippen LogP contribution in [0.25, 0.3) is 0 Å². The predicted molar refractivity (Wildman–Crippen MR) is 113 cm³/mol. The summed E-state index contributed by atoms with van der Waals surface area (Å²) in [5.41, 5.74) is 1.11. The number of unbranched alkanes of at least 4 members (excludes halogenated alkanes) is 3. The van der Waals surface area contributed by atoms with E-state index in [0.717, 1.165) is 44.6 Å². The summed E-state index contributed by atoms with van der Waals surface area (Å²) >= 11 is 0. The van der Waals surface area contributed by atoms with Crippen LogP contribution < -0.4 is 10.1 Å². The molecule has 0 saturated carbocycles. The van der Waals surface area contributed by atoms with Gasteiger partial charge >= 0.3 is 0 Å². The number of ether oxygens (including phenoxy) is 2. The van der Waals surface area contributed by atoms with Gasteiger partial charge < -0.3 is 30.1 Å². The van der Waals surface area contributed by atoms with Crippen molar-refractivity contribution >= 4 is 0 Å². The molecule has 0 spiro atoms. The molecule has 1 unspecified atom stereocenters. The van der Waals surface area contributed by atoms with Gasteiger partial charge in [0.1, 0.15) is 18.1 Å². The van der Waals surface area contributed by atoms with E-state index in [2.05, 4.69) is 5.32 Å². The molecule has 2 aromatic carbocycles. The largest absolute Gasteiger partial charge is 0.508 e. The molecule has 160 valence electrons. The first-order valence-corrected chi connectivity index (χ1v) is 10.3. The highest BCUT2D eigenvalue weighted by Crippen LogP contribution is 2.25. The van der Waals surface area contributed by atoms with E-state index in [4.69, 9.17) is 14.6 Å². The Morgan fingerprint density at radius 1 is 0.897 bits per heavy atom. The maximum absolute atomic E-state index is 10.2. The number of aromatic hydroxyl groups is 1. The Bertz CT molecular complexity index is 680. The highest BCUT2D eigenvalue weighted by atomic mass is 16.5. The minimum absolute atomic E-state index is 0.0469. The monoisotopic (exact) mass is 403 g/mol. The van der Waals surface area contributed by atoms with E-state index >= 15 is 0 Å². The van der Waals surface area contributed by atoms with E-state index in [1.54, 1.807) is 12.1 Å². The van der Waals surface area contributed by atoms with Crippen LogP contribution in [0.5, 0.6) is 11.5 Å². The minimum Gasteiger partial charge on any atom is -0.508 e. The molecule has 6 nitrogen and oxygen atoms in total. The first kappa shape index (κ1) is 23.2. The predicted octanol–water partition coefficient (Wildman–Crippen LogP) is 3.16. The summed E-state index contributed by atoms with van der Waals surface area (Å²) in [5.74, 6) is 0.913. The van der Waals surface area contributed by atoms with Gasteiger partial charge in [-0.25, -0.2) is 0 Å². The van der Waals surface area contributed by atoms with E-state index in [0.29, 0.717) is 30.9 Å². The number of aliphatic hydroxyl groups is 2. The van der Waals surface area contributed by atoms with Gasteiger partial charge in [0, 0.05) is 18.7 Å². The summed E-state index contributed by atoms with van der Waals surface area (Å²) in [6.07, 6.45) is 3.44. The van der Waals surface area contributed by atoms with Crippen molar-refractivity contribution in [1.82, 2.24) is 5.32 Å². The number of benzene rings is 2. The van der Waals surface area contributed by atoms with Crippen LogP contribution in [0, 0.1) is 0 Å². The molecular weight excluding hydrogens is 370 g/mol. The normalized spacial score (nSPS) is 12.1. The lowest BCUT2D eigenvalue weighted by Crippen LogP contribution is -2.22.